The van der Waals surface area contributed by atoms with Gasteiger partial charge in [0.15, 0.2) is 0 Å². The van der Waals surface area contributed by atoms with Crippen molar-refractivity contribution in [1.82, 2.24) is 10.2 Å². The van der Waals surface area contributed by atoms with Crippen molar-refractivity contribution in [3.8, 4) is 0 Å². The van der Waals surface area contributed by atoms with Crippen molar-refractivity contribution in [3.63, 3.8) is 0 Å². The van der Waals surface area contributed by atoms with E-state index >= 15 is 0 Å². The van der Waals surface area contributed by atoms with Gasteiger partial charge >= 0.3 is 0 Å². The maximum atomic E-state index is 5.51. The normalized spacial score (nSPS) is 39.2. The molecule has 1 N–H and O–H groups in total. The largest absolute Gasteiger partial charge is 0.380 e. The molecule has 0 aromatic carbocycles. The fourth-order valence-electron chi connectivity index (χ4n) is 2.73. The average molecular weight is 212 g/mol. The first-order valence-electron chi connectivity index (χ1n) is 6.38. The second kappa shape index (κ2) is 5.28. The molecule has 0 aromatic heterocycles. The Morgan fingerprint density at radius 2 is 2.27 bits per heavy atom. The zero-order valence-corrected chi connectivity index (χ0v) is 10.0. The predicted molar refractivity (Wildman–Crippen MR) is 62.1 cm³/mol. The summed E-state index contributed by atoms with van der Waals surface area (Å²) in [7, 11) is 0. The summed E-state index contributed by atoms with van der Waals surface area (Å²) < 4.78 is 5.51. The van der Waals surface area contributed by atoms with Crippen LogP contribution in [0.2, 0.25) is 0 Å². The molecule has 3 unspecified atom stereocenters. The van der Waals surface area contributed by atoms with E-state index in [1.54, 1.807) is 0 Å². The van der Waals surface area contributed by atoms with Gasteiger partial charge in [0.1, 0.15) is 0 Å². The van der Waals surface area contributed by atoms with Gasteiger partial charge in [-0.1, -0.05) is 6.92 Å². The lowest BCUT2D eigenvalue weighted by molar-refractivity contribution is 0.112. The van der Waals surface area contributed by atoms with Crippen LogP contribution in [-0.4, -0.2) is 49.3 Å². The summed E-state index contributed by atoms with van der Waals surface area (Å²) in [4.78, 5) is 2.67. The van der Waals surface area contributed by atoms with Gasteiger partial charge in [-0.3, -0.25) is 4.90 Å². The molecule has 3 nitrogen and oxygen atoms in total. The van der Waals surface area contributed by atoms with Gasteiger partial charge < -0.3 is 10.1 Å². The SMILES string of the molecule is CCC1CN(C2CCOC2)C(C)CCN1. The van der Waals surface area contributed by atoms with Crippen molar-refractivity contribution in [2.24, 2.45) is 0 Å². The Hall–Kier alpha value is -0.120. The van der Waals surface area contributed by atoms with Gasteiger partial charge in [0, 0.05) is 31.3 Å². The fraction of sp³-hybridized carbons (Fsp3) is 1.00. The summed E-state index contributed by atoms with van der Waals surface area (Å²) in [6.07, 6.45) is 3.73. The van der Waals surface area contributed by atoms with E-state index < -0.39 is 0 Å². The minimum atomic E-state index is 0.675. The van der Waals surface area contributed by atoms with Crippen LogP contribution in [0.5, 0.6) is 0 Å². The number of ether oxygens (including phenoxy) is 1. The third kappa shape index (κ3) is 2.71. The molecule has 2 heterocycles. The highest BCUT2D eigenvalue weighted by Gasteiger charge is 2.30. The van der Waals surface area contributed by atoms with E-state index in [4.69, 9.17) is 4.74 Å². The van der Waals surface area contributed by atoms with Crippen LogP contribution in [0.15, 0.2) is 0 Å². The molecule has 0 aromatic rings. The molecule has 2 aliphatic rings. The highest BCUT2D eigenvalue weighted by molar-refractivity contribution is 4.86. The van der Waals surface area contributed by atoms with Gasteiger partial charge in [0.05, 0.1) is 6.61 Å². The summed E-state index contributed by atoms with van der Waals surface area (Å²) in [5, 5.41) is 3.63. The van der Waals surface area contributed by atoms with Crippen molar-refractivity contribution in [3.05, 3.63) is 0 Å². The number of nitrogens with zero attached hydrogens (tertiary/aromatic N) is 1. The Morgan fingerprint density at radius 1 is 1.40 bits per heavy atom. The summed E-state index contributed by atoms with van der Waals surface area (Å²) in [5.74, 6) is 0. The molecule has 3 atom stereocenters. The molecule has 0 bridgehead atoms. The van der Waals surface area contributed by atoms with Crippen molar-refractivity contribution >= 4 is 0 Å². The molecule has 0 saturated carbocycles. The Bertz CT molecular complexity index is 192. The molecular formula is C12H24N2O. The summed E-state index contributed by atoms with van der Waals surface area (Å²) in [6.45, 7) is 8.91. The van der Waals surface area contributed by atoms with Crippen molar-refractivity contribution in [1.29, 1.82) is 0 Å². The molecule has 2 aliphatic heterocycles. The van der Waals surface area contributed by atoms with E-state index in [-0.39, 0.29) is 0 Å². The number of hydrogen-bond donors (Lipinski definition) is 1. The van der Waals surface area contributed by atoms with Crippen LogP contribution in [0.1, 0.15) is 33.1 Å². The fourth-order valence-corrected chi connectivity index (χ4v) is 2.73. The molecule has 15 heavy (non-hydrogen) atoms. The van der Waals surface area contributed by atoms with Crippen molar-refractivity contribution in [2.45, 2.75) is 51.2 Å². The Balaban J connectivity index is 1.98. The lowest BCUT2D eigenvalue weighted by Crippen LogP contribution is -2.46. The van der Waals surface area contributed by atoms with Gasteiger partial charge in [-0.05, 0) is 32.7 Å². The van der Waals surface area contributed by atoms with E-state index in [9.17, 15) is 0 Å². The highest BCUT2D eigenvalue weighted by atomic mass is 16.5. The quantitative estimate of drug-likeness (QED) is 0.745. The van der Waals surface area contributed by atoms with Crippen LogP contribution in [-0.2, 0) is 4.74 Å². The molecule has 0 spiro atoms. The second-order valence-electron chi connectivity index (χ2n) is 4.91. The molecule has 0 aliphatic carbocycles. The zero-order valence-electron chi connectivity index (χ0n) is 10.0. The highest BCUT2D eigenvalue weighted by Crippen LogP contribution is 2.19. The summed E-state index contributed by atoms with van der Waals surface area (Å²) in [6, 6.07) is 2.06. The first-order valence-corrected chi connectivity index (χ1v) is 6.38. The zero-order chi connectivity index (χ0) is 10.7. The summed E-state index contributed by atoms with van der Waals surface area (Å²) in [5.41, 5.74) is 0. The minimum absolute atomic E-state index is 0.675. The van der Waals surface area contributed by atoms with E-state index in [2.05, 4.69) is 24.1 Å². The Morgan fingerprint density at radius 3 is 2.93 bits per heavy atom. The number of rotatable bonds is 2. The van der Waals surface area contributed by atoms with Gasteiger partial charge in [0.25, 0.3) is 0 Å². The summed E-state index contributed by atoms with van der Waals surface area (Å²) >= 11 is 0. The topological polar surface area (TPSA) is 24.5 Å². The van der Waals surface area contributed by atoms with Crippen LogP contribution in [0.3, 0.4) is 0 Å². The van der Waals surface area contributed by atoms with E-state index in [1.165, 1.54) is 32.4 Å². The standard InChI is InChI=1S/C12H24N2O/c1-3-11-8-14(10(2)4-6-13-11)12-5-7-15-9-12/h10-13H,3-9H2,1-2H3. The molecule has 2 fully saturated rings. The van der Waals surface area contributed by atoms with E-state index in [1.807, 2.05) is 0 Å². The number of nitrogens with one attached hydrogen (secondary N) is 1. The Kier molecular flexibility index (Phi) is 4.00. The molecule has 2 rings (SSSR count). The first-order chi connectivity index (χ1) is 7.31. The molecule has 0 radical (unpaired) electrons. The van der Waals surface area contributed by atoms with Gasteiger partial charge in [-0.25, -0.2) is 0 Å². The van der Waals surface area contributed by atoms with Gasteiger partial charge in [-0.2, -0.15) is 0 Å². The van der Waals surface area contributed by atoms with E-state index in [0.717, 1.165) is 13.2 Å². The molecule has 3 heteroatoms. The lowest BCUT2D eigenvalue weighted by atomic mass is 10.1. The van der Waals surface area contributed by atoms with Crippen LogP contribution < -0.4 is 5.32 Å². The second-order valence-corrected chi connectivity index (χ2v) is 4.91. The molecule has 88 valence electrons. The van der Waals surface area contributed by atoms with Crippen LogP contribution in [0, 0.1) is 0 Å². The lowest BCUT2D eigenvalue weighted by Gasteiger charge is -2.33. The first kappa shape index (κ1) is 11.4. The van der Waals surface area contributed by atoms with Crippen LogP contribution in [0.25, 0.3) is 0 Å². The maximum absolute atomic E-state index is 5.51. The molecule has 0 amide bonds. The van der Waals surface area contributed by atoms with Crippen molar-refractivity contribution < 1.29 is 4.74 Å². The van der Waals surface area contributed by atoms with E-state index in [0.29, 0.717) is 18.1 Å². The molecular weight excluding hydrogens is 188 g/mol. The third-order valence-electron chi connectivity index (χ3n) is 3.86. The maximum Gasteiger partial charge on any atom is 0.0622 e. The molecule has 2 saturated heterocycles. The monoisotopic (exact) mass is 212 g/mol. The van der Waals surface area contributed by atoms with Crippen molar-refractivity contribution in [2.75, 3.05) is 26.3 Å². The van der Waals surface area contributed by atoms with Crippen LogP contribution in [0.4, 0.5) is 0 Å². The predicted octanol–water partition coefficient (Wildman–Crippen LogP) is 1.24. The Labute approximate surface area is 93.2 Å². The van der Waals surface area contributed by atoms with Crippen LogP contribution >= 0.6 is 0 Å². The van der Waals surface area contributed by atoms with Gasteiger partial charge in [-0.15, -0.1) is 0 Å². The average Bonchev–Trinajstić information content (AvgIpc) is 2.69. The van der Waals surface area contributed by atoms with Gasteiger partial charge in [0.2, 0.25) is 0 Å². The minimum Gasteiger partial charge on any atom is -0.380 e. The third-order valence-corrected chi connectivity index (χ3v) is 3.86. The smallest absolute Gasteiger partial charge is 0.0622 e. The number of hydrogen-bond acceptors (Lipinski definition) is 3.